The highest BCUT2D eigenvalue weighted by Gasteiger charge is 2.13. The van der Waals surface area contributed by atoms with Crippen LogP contribution in [0.1, 0.15) is 29.9 Å². The van der Waals surface area contributed by atoms with E-state index in [0.29, 0.717) is 29.9 Å². The topological polar surface area (TPSA) is 92.4 Å². The van der Waals surface area contributed by atoms with Crippen LogP contribution in [0.5, 0.6) is 11.5 Å². The first-order chi connectivity index (χ1) is 14.4. The molecule has 0 spiro atoms. The number of hydrogen-bond donors (Lipinski definition) is 3. The third kappa shape index (κ3) is 5.70. The summed E-state index contributed by atoms with van der Waals surface area (Å²) < 4.78 is 5.78. The highest BCUT2D eigenvalue weighted by molar-refractivity contribution is 5.92. The zero-order chi connectivity index (χ0) is 21.5. The zero-order valence-electron chi connectivity index (χ0n) is 17.3. The summed E-state index contributed by atoms with van der Waals surface area (Å²) in [5, 5.41) is 8.24. The van der Waals surface area contributed by atoms with Gasteiger partial charge in [0.15, 0.2) is 0 Å². The molecule has 7 nitrogen and oxygen atoms in total. The van der Waals surface area contributed by atoms with Gasteiger partial charge in [0, 0.05) is 31.6 Å². The molecule has 0 saturated heterocycles. The SMILES string of the molecule is CNC(=O)c1cc(Oc2ccc(CNC(=O)NC3=CC(C)C(C)C=C3)cc2)ccn1. The number of nitrogens with one attached hydrogen (secondary N) is 3. The van der Waals surface area contributed by atoms with Crippen molar-refractivity contribution in [1.29, 1.82) is 0 Å². The third-order valence-corrected chi connectivity index (χ3v) is 4.91. The Morgan fingerprint density at radius 1 is 1.07 bits per heavy atom. The number of pyridine rings is 1. The van der Waals surface area contributed by atoms with Crippen molar-refractivity contribution < 1.29 is 14.3 Å². The van der Waals surface area contributed by atoms with E-state index in [2.05, 4.69) is 46.9 Å². The van der Waals surface area contributed by atoms with Crippen LogP contribution in [0.4, 0.5) is 4.79 Å². The summed E-state index contributed by atoms with van der Waals surface area (Å²) in [6.07, 6.45) is 7.62. The van der Waals surface area contributed by atoms with Crippen LogP contribution >= 0.6 is 0 Å². The molecule has 0 aliphatic heterocycles. The molecule has 30 heavy (non-hydrogen) atoms. The maximum atomic E-state index is 12.1. The molecule has 3 rings (SSSR count). The molecule has 2 aromatic rings. The van der Waals surface area contributed by atoms with E-state index in [1.54, 1.807) is 19.2 Å². The van der Waals surface area contributed by atoms with Gasteiger partial charge in [-0.15, -0.1) is 0 Å². The van der Waals surface area contributed by atoms with Gasteiger partial charge in [-0.25, -0.2) is 4.79 Å². The Kier molecular flexibility index (Phi) is 6.85. The van der Waals surface area contributed by atoms with Crippen molar-refractivity contribution in [3.8, 4) is 11.5 Å². The fourth-order valence-electron chi connectivity index (χ4n) is 2.90. The second-order valence-corrected chi connectivity index (χ2v) is 7.21. The van der Waals surface area contributed by atoms with E-state index in [1.807, 2.05) is 30.3 Å². The number of urea groups is 1. The lowest BCUT2D eigenvalue weighted by Crippen LogP contribution is -2.34. The fraction of sp³-hybridized carbons (Fsp3) is 0.261. The lowest BCUT2D eigenvalue weighted by molar-refractivity contribution is 0.0958. The van der Waals surface area contributed by atoms with E-state index in [9.17, 15) is 9.59 Å². The number of amides is 3. The summed E-state index contributed by atoms with van der Waals surface area (Å²) in [6, 6.07) is 10.4. The Morgan fingerprint density at radius 3 is 2.53 bits per heavy atom. The van der Waals surface area contributed by atoms with Gasteiger partial charge in [0.1, 0.15) is 17.2 Å². The molecule has 3 N–H and O–H groups in total. The summed E-state index contributed by atoms with van der Waals surface area (Å²) in [4.78, 5) is 27.8. The van der Waals surface area contributed by atoms with Crippen LogP contribution in [0.3, 0.4) is 0 Å². The molecule has 2 atom stereocenters. The van der Waals surface area contributed by atoms with Crippen LogP contribution in [0.25, 0.3) is 0 Å². The molecule has 0 fully saturated rings. The Labute approximate surface area is 176 Å². The lowest BCUT2D eigenvalue weighted by Gasteiger charge is -2.19. The van der Waals surface area contributed by atoms with Gasteiger partial charge >= 0.3 is 6.03 Å². The molecule has 1 aliphatic rings. The van der Waals surface area contributed by atoms with Gasteiger partial charge in [-0.3, -0.25) is 9.78 Å². The minimum Gasteiger partial charge on any atom is -0.457 e. The number of rotatable bonds is 6. The highest BCUT2D eigenvalue weighted by Crippen LogP contribution is 2.22. The molecular formula is C23H26N4O3. The van der Waals surface area contributed by atoms with Gasteiger partial charge in [-0.05, 0) is 41.7 Å². The molecular weight excluding hydrogens is 380 g/mol. The number of ether oxygens (including phenoxy) is 1. The first kappa shape index (κ1) is 21.1. The van der Waals surface area contributed by atoms with Crippen LogP contribution in [-0.4, -0.2) is 24.0 Å². The van der Waals surface area contributed by atoms with Crippen molar-refractivity contribution in [3.63, 3.8) is 0 Å². The molecule has 0 radical (unpaired) electrons. The van der Waals surface area contributed by atoms with Crippen molar-refractivity contribution in [3.05, 3.63) is 77.8 Å². The second kappa shape index (κ2) is 9.73. The van der Waals surface area contributed by atoms with E-state index in [-0.39, 0.29) is 17.6 Å². The molecule has 1 aromatic heterocycles. The molecule has 1 heterocycles. The molecule has 3 amide bonds. The molecule has 2 unspecified atom stereocenters. The molecule has 1 aromatic carbocycles. The van der Waals surface area contributed by atoms with Crippen LogP contribution in [0.15, 0.2) is 66.5 Å². The average Bonchev–Trinajstić information content (AvgIpc) is 2.75. The Hall–Kier alpha value is -3.61. The third-order valence-electron chi connectivity index (χ3n) is 4.91. The molecule has 156 valence electrons. The van der Waals surface area contributed by atoms with Crippen molar-refractivity contribution in [2.24, 2.45) is 11.8 Å². The van der Waals surface area contributed by atoms with Crippen molar-refractivity contribution in [2.45, 2.75) is 20.4 Å². The normalized spacial score (nSPS) is 17.6. The van der Waals surface area contributed by atoms with Crippen LogP contribution in [0.2, 0.25) is 0 Å². The van der Waals surface area contributed by atoms with E-state index >= 15 is 0 Å². The summed E-state index contributed by atoms with van der Waals surface area (Å²) in [5.74, 6) is 1.74. The number of carbonyl (C=O) groups is 2. The van der Waals surface area contributed by atoms with Crippen molar-refractivity contribution >= 4 is 11.9 Å². The second-order valence-electron chi connectivity index (χ2n) is 7.21. The van der Waals surface area contributed by atoms with E-state index in [4.69, 9.17) is 4.74 Å². The van der Waals surface area contributed by atoms with Crippen LogP contribution in [0, 0.1) is 11.8 Å². The van der Waals surface area contributed by atoms with E-state index in [0.717, 1.165) is 11.3 Å². The predicted octanol–water partition coefficient (Wildman–Crippen LogP) is 3.76. The predicted molar refractivity (Wildman–Crippen MR) is 115 cm³/mol. The molecule has 7 heteroatoms. The summed E-state index contributed by atoms with van der Waals surface area (Å²) in [6.45, 7) is 4.67. The van der Waals surface area contributed by atoms with Gasteiger partial charge in [-0.2, -0.15) is 0 Å². The number of carbonyl (C=O) groups excluding carboxylic acids is 2. The molecule has 0 saturated carbocycles. The lowest BCUT2D eigenvalue weighted by atomic mass is 9.91. The number of benzene rings is 1. The standard InChI is InChI=1S/C23H26N4O3/c1-15-4-7-18(12-16(15)2)27-23(29)26-14-17-5-8-19(9-6-17)30-20-10-11-25-21(13-20)22(28)24-3/h4-13,15-16H,14H2,1-3H3,(H,24,28)(H2,26,27,29). The van der Waals surface area contributed by atoms with E-state index < -0.39 is 0 Å². The maximum absolute atomic E-state index is 12.1. The largest absolute Gasteiger partial charge is 0.457 e. The number of nitrogens with zero attached hydrogens (tertiary/aromatic N) is 1. The number of hydrogen-bond acceptors (Lipinski definition) is 4. The first-order valence-electron chi connectivity index (χ1n) is 9.84. The van der Waals surface area contributed by atoms with Crippen molar-refractivity contribution in [2.75, 3.05) is 7.05 Å². The highest BCUT2D eigenvalue weighted by atomic mass is 16.5. The van der Waals surface area contributed by atoms with Gasteiger partial charge in [-0.1, -0.05) is 38.1 Å². The van der Waals surface area contributed by atoms with Gasteiger partial charge in [0.2, 0.25) is 0 Å². The summed E-state index contributed by atoms with van der Waals surface area (Å²) in [7, 11) is 1.55. The maximum Gasteiger partial charge on any atom is 0.319 e. The smallest absolute Gasteiger partial charge is 0.319 e. The number of aromatic nitrogens is 1. The van der Waals surface area contributed by atoms with Crippen LogP contribution < -0.4 is 20.7 Å². The minimum atomic E-state index is -0.274. The summed E-state index contributed by atoms with van der Waals surface area (Å²) in [5.41, 5.74) is 2.04. The molecule has 1 aliphatic carbocycles. The van der Waals surface area contributed by atoms with Gasteiger partial charge in [0.05, 0.1) is 0 Å². The zero-order valence-corrected chi connectivity index (χ0v) is 17.3. The Balaban J connectivity index is 1.51. The summed E-state index contributed by atoms with van der Waals surface area (Å²) >= 11 is 0. The number of allylic oxidation sites excluding steroid dienone is 3. The van der Waals surface area contributed by atoms with Gasteiger partial charge in [0.25, 0.3) is 5.91 Å². The van der Waals surface area contributed by atoms with Crippen molar-refractivity contribution in [1.82, 2.24) is 20.9 Å². The quantitative estimate of drug-likeness (QED) is 0.681. The fourth-order valence-corrected chi connectivity index (χ4v) is 2.90. The van der Waals surface area contributed by atoms with Crippen LogP contribution in [-0.2, 0) is 6.54 Å². The first-order valence-corrected chi connectivity index (χ1v) is 9.84. The van der Waals surface area contributed by atoms with E-state index in [1.165, 1.54) is 6.20 Å². The Bertz CT molecular complexity index is 967. The minimum absolute atomic E-state index is 0.244. The average molecular weight is 406 g/mol. The monoisotopic (exact) mass is 406 g/mol. The Morgan fingerprint density at radius 2 is 1.83 bits per heavy atom. The van der Waals surface area contributed by atoms with Gasteiger partial charge < -0.3 is 20.7 Å². The molecule has 0 bridgehead atoms.